The summed E-state index contributed by atoms with van der Waals surface area (Å²) in [5.74, 6) is -1.03. The predicted octanol–water partition coefficient (Wildman–Crippen LogP) is 6.23. The maximum atomic E-state index is 14.7. The molecule has 7 rings (SSSR count). The number of halogens is 1. The van der Waals surface area contributed by atoms with Crippen LogP contribution >= 0.6 is 0 Å². The van der Waals surface area contributed by atoms with Gasteiger partial charge in [-0.1, -0.05) is 66.7 Å². The third-order valence-corrected chi connectivity index (χ3v) is 11.2. The van der Waals surface area contributed by atoms with E-state index in [9.17, 15) is 23.6 Å². The lowest BCUT2D eigenvalue weighted by atomic mass is 9.90. The van der Waals surface area contributed by atoms with E-state index >= 15 is 0 Å². The van der Waals surface area contributed by atoms with Gasteiger partial charge in [-0.3, -0.25) is 19.1 Å². The number of pyridine rings is 1. The van der Waals surface area contributed by atoms with Crippen LogP contribution in [0.2, 0.25) is 0 Å². The normalized spacial score (nSPS) is 18.5. The van der Waals surface area contributed by atoms with Gasteiger partial charge in [-0.25, -0.2) is 23.5 Å². The fourth-order valence-corrected chi connectivity index (χ4v) is 8.17. The van der Waals surface area contributed by atoms with Gasteiger partial charge in [-0.05, 0) is 113 Å². The first-order valence-corrected chi connectivity index (χ1v) is 20.6. The number of nitrogens with one attached hydrogen (secondary N) is 2. The molecule has 1 atom stereocenters. The topological polar surface area (TPSA) is 131 Å². The number of amides is 2. The first-order chi connectivity index (χ1) is 28.3. The van der Waals surface area contributed by atoms with Crippen molar-refractivity contribution in [1.29, 1.82) is 0 Å². The molecular formula is C46H54FN7O5. The van der Waals surface area contributed by atoms with Gasteiger partial charge >= 0.3 is 11.8 Å². The van der Waals surface area contributed by atoms with Gasteiger partial charge in [-0.2, -0.15) is 0 Å². The summed E-state index contributed by atoms with van der Waals surface area (Å²) in [5.41, 5.74) is 2.65. The Kier molecular flexibility index (Phi) is 12.7. The van der Waals surface area contributed by atoms with Crippen LogP contribution in [0.15, 0.2) is 101 Å². The first-order valence-electron chi connectivity index (χ1n) is 20.6. The van der Waals surface area contributed by atoms with E-state index < -0.39 is 40.8 Å². The van der Waals surface area contributed by atoms with E-state index in [1.165, 1.54) is 14.7 Å². The second kappa shape index (κ2) is 18.1. The highest BCUT2D eigenvalue weighted by atomic mass is 19.1. The zero-order valence-electron chi connectivity index (χ0n) is 34.3. The number of rotatable bonds is 10. The first kappa shape index (κ1) is 41.5. The molecule has 1 aliphatic heterocycles. The average Bonchev–Trinajstić information content (AvgIpc) is 3.42. The van der Waals surface area contributed by atoms with Gasteiger partial charge in [0.2, 0.25) is 5.91 Å². The number of carbonyl (C=O) groups is 2. The fraction of sp³-hybridized carbons (Fsp3) is 0.413. The standard InChI is InChI=1S/C46H54FN7O5/c1-46(2,3)59-44(57)50-40(26-31-10-6-5-7-11-31)42(55)49-36-18-20-37(21-19-36)54-43(56)39-28-35(47)29-48-41(39)53(45(54)58)38-13-8-12-34(27-38)33-16-14-32(15-17-33)30-52-23-9-22-51(4)24-25-52/h5-8,10-17,27-29,36-37,40H,9,18-26,30H2,1-4H3,(H,49,55)(H,50,57)/t36-,37+,40-/m0/s1. The van der Waals surface area contributed by atoms with Crippen LogP contribution in [0.25, 0.3) is 27.8 Å². The van der Waals surface area contributed by atoms with Crippen LogP contribution in [0.1, 0.15) is 70.0 Å². The number of carbonyl (C=O) groups excluding carboxylic acids is 2. The highest BCUT2D eigenvalue weighted by Crippen LogP contribution is 2.29. The smallest absolute Gasteiger partial charge is 0.408 e. The zero-order chi connectivity index (χ0) is 41.7. The summed E-state index contributed by atoms with van der Waals surface area (Å²) in [4.78, 5) is 64.0. The molecule has 0 radical (unpaired) electrons. The summed E-state index contributed by atoms with van der Waals surface area (Å²) >= 11 is 0. The lowest BCUT2D eigenvalue weighted by molar-refractivity contribution is -0.124. The molecule has 2 amide bonds. The Morgan fingerprint density at radius 3 is 2.34 bits per heavy atom. The van der Waals surface area contributed by atoms with Crippen LogP contribution in [0.5, 0.6) is 0 Å². The molecule has 310 valence electrons. The van der Waals surface area contributed by atoms with Gasteiger partial charge in [0, 0.05) is 38.1 Å². The van der Waals surface area contributed by atoms with Gasteiger partial charge in [0.1, 0.15) is 17.5 Å². The molecule has 0 spiro atoms. The molecule has 59 heavy (non-hydrogen) atoms. The maximum absolute atomic E-state index is 14.7. The van der Waals surface area contributed by atoms with Crippen LogP contribution in [0.4, 0.5) is 9.18 Å². The molecule has 13 heteroatoms. The van der Waals surface area contributed by atoms with E-state index in [0.29, 0.717) is 31.4 Å². The lowest BCUT2D eigenvalue weighted by Gasteiger charge is -2.31. The molecule has 3 heterocycles. The summed E-state index contributed by atoms with van der Waals surface area (Å²) in [6, 6.07) is 24.9. The molecule has 3 aromatic carbocycles. The van der Waals surface area contributed by atoms with Crippen molar-refractivity contribution >= 4 is 23.0 Å². The third kappa shape index (κ3) is 10.3. The van der Waals surface area contributed by atoms with E-state index in [1.54, 1.807) is 26.8 Å². The monoisotopic (exact) mass is 803 g/mol. The van der Waals surface area contributed by atoms with Gasteiger partial charge < -0.3 is 20.3 Å². The Labute approximate surface area is 344 Å². The Balaban J connectivity index is 1.10. The number of benzene rings is 3. The van der Waals surface area contributed by atoms with Crippen molar-refractivity contribution in [2.24, 2.45) is 0 Å². The Hall–Kier alpha value is -5.66. The molecule has 0 unspecified atom stereocenters. The minimum Gasteiger partial charge on any atom is -0.444 e. The van der Waals surface area contributed by atoms with Crippen LogP contribution in [-0.2, 0) is 22.5 Å². The molecule has 2 fully saturated rings. The SMILES string of the molecule is CN1CCCN(Cc2ccc(-c3cccc(-n4c(=O)n([C@H]5CC[C@@H](NC(=O)[C@H](Cc6ccccc6)NC(=O)OC(C)(C)C)CC5)c(=O)c5cc(F)cnc54)c3)cc2)CC1. The molecule has 2 aliphatic rings. The molecule has 0 bridgehead atoms. The molecule has 2 aromatic heterocycles. The number of hydrogen-bond acceptors (Lipinski definition) is 8. The van der Waals surface area contributed by atoms with Crippen molar-refractivity contribution in [2.75, 3.05) is 33.2 Å². The van der Waals surface area contributed by atoms with Crippen molar-refractivity contribution in [1.82, 2.24) is 34.6 Å². The molecule has 2 N–H and O–H groups in total. The molecule has 1 saturated carbocycles. The molecule has 5 aromatic rings. The Morgan fingerprint density at radius 2 is 1.61 bits per heavy atom. The van der Waals surface area contributed by atoms with Crippen molar-refractivity contribution in [3.8, 4) is 16.8 Å². The summed E-state index contributed by atoms with van der Waals surface area (Å²) in [6.45, 7) is 10.4. The molecular weight excluding hydrogens is 750 g/mol. The van der Waals surface area contributed by atoms with Crippen molar-refractivity contribution < 1.29 is 18.7 Å². The number of aromatic nitrogens is 3. The molecule has 1 aliphatic carbocycles. The minimum absolute atomic E-state index is 0.00598. The summed E-state index contributed by atoms with van der Waals surface area (Å²) in [5, 5.41) is 5.83. The minimum atomic E-state index is -0.886. The fourth-order valence-electron chi connectivity index (χ4n) is 8.17. The summed E-state index contributed by atoms with van der Waals surface area (Å²) < 4.78 is 22.8. The number of nitrogens with zero attached hydrogens (tertiary/aromatic N) is 5. The predicted molar refractivity (Wildman–Crippen MR) is 227 cm³/mol. The Bertz CT molecular complexity index is 2380. The van der Waals surface area contributed by atoms with E-state index in [4.69, 9.17) is 4.74 Å². The van der Waals surface area contributed by atoms with Gasteiger partial charge in [0.15, 0.2) is 5.65 Å². The summed E-state index contributed by atoms with van der Waals surface area (Å²) in [7, 11) is 2.17. The number of alkyl carbamates (subject to hydrolysis) is 1. The van der Waals surface area contributed by atoms with Crippen molar-refractivity contribution in [2.45, 2.75) is 89.6 Å². The van der Waals surface area contributed by atoms with Crippen LogP contribution in [0, 0.1) is 5.82 Å². The number of hydrogen-bond donors (Lipinski definition) is 2. The van der Waals surface area contributed by atoms with E-state index in [1.807, 2.05) is 48.5 Å². The quantitative estimate of drug-likeness (QED) is 0.170. The highest BCUT2D eigenvalue weighted by molar-refractivity contribution is 5.86. The second-order valence-electron chi connectivity index (χ2n) is 16.9. The molecule has 1 saturated heterocycles. The largest absolute Gasteiger partial charge is 0.444 e. The van der Waals surface area contributed by atoms with Crippen molar-refractivity contribution in [3.05, 3.63) is 129 Å². The molecule has 12 nitrogen and oxygen atoms in total. The number of likely N-dealkylation sites (N-methyl/N-ethyl adjacent to an activating group) is 1. The van der Waals surface area contributed by atoms with Crippen LogP contribution in [0.3, 0.4) is 0 Å². The summed E-state index contributed by atoms with van der Waals surface area (Å²) in [6.07, 6.45) is 3.53. The van der Waals surface area contributed by atoms with Gasteiger partial charge in [0.25, 0.3) is 5.56 Å². The third-order valence-electron chi connectivity index (χ3n) is 11.2. The zero-order valence-corrected chi connectivity index (χ0v) is 34.3. The average molecular weight is 804 g/mol. The van der Waals surface area contributed by atoms with Crippen LogP contribution < -0.4 is 21.9 Å². The number of ether oxygens (including phenoxy) is 1. The van der Waals surface area contributed by atoms with E-state index in [0.717, 1.165) is 68.1 Å². The van der Waals surface area contributed by atoms with Crippen molar-refractivity contribution in [3.63, 3.8) is 0 Å². The lowest BCUT2D eigenvalue weighted by Crippen LogP contribution is -2.52. The van der Waals surface area contributed by atoms with Gasteiger partial charge in [0.05, 0.1) is 17.3 Å². The van der Waals surface area contributed by atoms with Crippen LogP contribution in [-0.4, -0.2) is 86.8 Å². The van der Waals surface area contributed by atoms with E-state index in [2.05, 4.69) is 56.7 Å². The van der Waals surface area contributed by atoms with E-state index in [-0.39, 0.29) is 29.4 Å². The highest BCUT2D eigenvalue weighted by Gasteiger charge is 2.31. The maximum Gasteiger partial charge on any atom is 0.408 e. The van der Waals surface area contributed by atoms with Gasteiger partial charge in [-0.15, -0.1) is 0 Å². The second-order valence-corrected chi connectivity index (χ2v) is 16.9. The Morgan fingerprint density at radius 1 is 0.864 bits per heavy atom. The number of fused-ring (bicyclic) bond motifs is 1.